The first-order chi connectivity index (χ1) is 13.8. The number of rotatable bonds is 6. The molecular formula is C26H38O3Si. The second-order valence-electron chi connectivity index (χ2n) is 10.7. The van der Waals surface area contributed by atoms with Crippen LogP contribution in [0.5, 0.6) is 11.5 Å². The van der Waals surface area contributed by atoms with Crippen molar-refractivity contribution in [3.8, 4) is 11.5 Å². The Morgan fingerprint density at radius 2 is 1.40 bits per heavy atom. The fourth-order valence-corrected chi connectivity index (χ4v) is 5.12. The number of hydrogen-bond donors (Lipinski definition) is 0. The topological polar surface area (TPSA) is 35.5 Å². The Kier molecular flexibility index (Phi) is 7.23. The highest BCUT2D eigenvalue weighted by Gasteiger charge is 2.30. The van der Waals surface area contributed by atoms with E-state index in [-0.39, 0.29) is 16.8 Å². The maximum Gasteiger partial charge on any atom is 0.310 e. The standard InChI is InChI=1S/C26H38O3Si/c1-10-23(27)29-24-21(25(2,3)4)16-19(17-22(24)26(5,6)7)28-18-30(8,9)20-14-12-11-13-15-20/h11-17H,10,18H2,1-9H3. The molecule has 0 aliphatic rings. The molecule has 0 bridgehead atoms. The number of ether oxygens (including phenoxy) is 2. The number of benzene rings is 2. The van der Waals surface area contributed by atoms with Crippen molar-refractivity contribution in [2.75, 3.05) is 6.23 Å². The molecule has 0 saturated heterocycles. The van der Waals surface area contributed by atoms with Crippen LogP contribution in [-0.2, 0) is 15.6 Å². The van der Waals surface area contributed by atoms with E-state index >= 15 is 0 Å². The van der Waals surface area contributed by atoms with Gasteiger partial charge in [-0.05, 0) is 23.0 Å². The van der Waals surface area contributed by atoms with Crippen molar-refractivity contribution in [1.82, 2.24) is 0 Å². The van der Waals surface area contributed by atoms with Crippen LogP contribution >= 0.6 is 0 Å². The lowest BCUT2D eigenvalue weighted by atomic mass is 9.79. The van der Waals surface area contributed by atoms with Gasteiger partial charge in [0.15, 0.2) is 0 Å². The van der Waals surface area contributed by atoms with Gasteiger partial charge >= 0.3 is 5.97 Å². The zero-order chi connectivity index (χ0) is 22.7. The third kappa shape index (κ3) is 5.97. The molecule has 0 atom stereocenters. The predicted molar refractivity (Wildman–Crippen MR) is 129 cm³/mol. The monoisotopic (exact) mass is 426 g/mol. The van der Waals surface area contributed by atoms with E-state index in [9.17, 15) is 4.79 Å². The van der Waals surface area contributed by atoms with E-state index in [1.165, 1.54) is 5.19 Å². The summed E-state index contributed by atoms with van der Waals surface area (Å²) in [5.74, 6) is 1.32. The molecule has 4 heteroatoms. The smallest absolute Gasteiger partial charge is 0.310 e. The molecule has 2 aromatic rings. The van der Waals surface area contributed by atoms with Gasteiger partial charge in [-0.15, -0.1) is 0 Å². The first-order valence-corrected chi connectivity index (χ1v) is 14.0. The molecule has 0 amide bonds. The molecule has 0 aliphatic carbocycles. The molecule has 0 saturated carbocycles. The van der Waals surface area contributed by atoms with E-state index < -0.39 is 8.07 Å². The van der Waals surface area contributed by atoms with Crippen molar-refractivity contribution in [1.29, 1.82) is 0 Å². The maximum atomic E-state index is 12.2. The summed E-state index contributed by atoms with van der Waals surface area (Å²) in [7, 11) is -1.74. The Morgan fingerprint density at radius 3 is 1.83 bits per heavy atom. The molecule has 164 valence electrons. The summed E-state index contributed by atoms with van der Waals surface area (Å²) in [5.41, 5.74) is 1.64. The second-order valence-corrected chi connectivity index (χ2v) is 15.3. The van der Waals surface area contributed by atoms with Gasteiger partial charge in [0.2, 0.25) is 0 Å². The fraction of sp³-hybridized carbons (Fsp3) is 0.500. The molecule has 2 rings (SSSR count). The Morgan fingerprint density at radius 1 is 0.900 bits per heavy atom. The summed E-state index contributed by atoms with van der Waals surface area (Å²) in [5, 5.41) is 1.38. The summed E-state index contributed by atoms with van der Waals surface area (Å²) in [6.45, 7) is 19.3. The van der Waals surface area contributed by atoms with Crippen LogP contribution in [0.1, 0.15) is 66.0 Å². The van der Waals surface area contributed by atoms with E-state index in [0.717, 1.165) is 16.9 Å². The first kappa shape index (κ1) is 24.2. The summed E-state index contributed by atoms with van der Waals surface area (Å²) in [6, 6.07) is 14.8. The van der Waals surface area contributed by atoms with Crippen LogP contribution in [0, 0.1) is 0 Å². The third-order valence-electron chi connectivity index (χ3n) is 5.34. The summed E-state index contributed by atoms with van der Waals surface area (Å²) >= 11 is 0. The van der Waals surface area contributed by atoms with Gasteiger partial charge in [0.25, 0.3) is 0 Å². The molecule has 0 radical (unpaired) electrons. The summed E-state index contributed by atoms with van der Waals surface area (Å²) in [4.78, 5) is 12.2. The van der Waals surface area contributed by atoms with E-state index in [2.05, 4.69) is 97.1 Å². The van der Waals surface area contributed by atoms with Gasteiger partial charge in [-0.1, -0.05) is 97.1 Å². The van der Waals surface area contributed by atoms with Crippen molar-refractivity contribution in [2.45, 2.75) is 78.8 Å². The second kappa shape index (κ2) is 8.97. The molecule has 30 heavy (non-hydrogen) atoms. The number of hydrogen-bond acceptors (Lipinski definition) is 3. The van der Waals surface area contributed by atoms with Gasteiger partial charge in [0, 0.05) is 17.5 Å². The highest BCUT2D eigenvalue weighted by Crippen LogP contribution is 2.42. The summed E-state index contributed by atoms with van der Waals surface area (Å²) < 4.78 is 12.3. The number of carbonyl (C=O) groups is 1. The van der Waals surface area contributed by atoms with Crippen LogP contribution in [0.15, 0.2) is 42.5 Å². The normalized spacial score (nSPS) is 12.6. The molecule has 0 aliphatic heterocycles. The van der Waals surface area contributed by atoms with Crippen LogP contribution in [0.25, 0.3) is 0 Å². The largest absolute Gasteiger partial charge is 0.497 e. The van der Waals surface area contributed by atoms with Crippen LogP contribution in [0.3, 0.4) is 0 Å². The van der Waals surface area contributed by atoms with Crippen molar-refractivity contribution >= 4 is 19.2 Å². The number of carbonyl (C=O) groups excluding carboxylic acids is 1. The molecule has 0 unspecified atom stereocenters. The van der Waals surface area contributed by atoms with E-state index in [1.54, 1.807) is 0 Å². The minimum Gasteiger partial charge on any atom is -0.497 e. The Labute approximate surface area is 183 Å². The molecule has 0 aromatic heterocycles. The van der Waals surface area contributed by atoms with Crippen LogP contribution in [0.4, 0.5) is 0 Å². The predicted octanol–water partition coefficient (Wildman–Crippen LogP) is 6.13. The minimum atomic E-state index is -1.74. The lowest BCUT2D eigenvalue weighted by Gasteiger charge is -2.30. The molecular weight excluding hydrogens is 388 g/mol. The zero-order valence-electron chi connectivity index (χ0n) is 20.2. The van der Waals surface area contributed by atoms with Crippen molar-refractivity contribution in [2.24, 2.45) is 0 Å². The molecule has 0 spiro atoms. The molecule has 0 fully saturated rings. The highest BCUT2D eigenvalue weighted by molar-refractivity contribution is 6.89. The molecule has 0 N–H and O–H groups in total. The average Bonchev–Trinajstić information content (AvgIpc) is 2.65. The van der Waals surface area contributed by atoms with Gasteiger partial charge in [-0.2, -0.15) is 0 Å². The Bertz CT molecular complexity index is 836. The molecule has 3 nitrogen and oxygen atoms in total. The lowest BCUT2D eigenvalue weighted by molar-refractivity contribution is -0.134. The fourth-order valence-electron chi connectivity index (χ4n) is 3.33. The van der Waals surface area contributed by atoms with Crippen molar-refractivity contribution < 1.29 is 14.3 Å². The van der Waals surface area contributed by atoms with Crippen molar-refractivity contribution in [3.05, 3.63) is 53.6 Å². The van der Waals surface area contributed by atoms with E-state index in [0.29, 0.717) is 18.4 Å². The SMILES string of the molecule is CCC(=O)Oc1c(C(C)(C)C)cc(OC[Si](C)(C)c2ccccc2)cc1C(C)(C)C. The van der Waals surface area contributed by atoms with Gasteiger partial charge in [-0.25, -0.2) is 0 Å². The molecule has 2 aromatic carbocycles. The summed E-state index contributed by atoms with van der Waals surface area (Å²) in [6.07, 6.45) is 1.04. The van der Waals surface area contributed by atoms with Gasteiger partial charge in [-0.3, -0.25) is 4.79 Å². The lowest BCUT2D eigenvalue weighted by Crippen LogP contribution is -2.47. The zero-order valence-corrected chi connectivity index (χ0v) is 21.2. The Hall–Kier alpha value is -2.07. The van der Waals surface area contributed by atoms with Crippen molar-refractivity contribution in [3.63, 3.8) is 0 Å². The minimum absolute atomic E-state index is 0.185. The Balaban J connectivity index is 2.49. The number of esters is 1. The van der Waals surface area contributed by atoms with Crippen LogP contribution in [-0.4, -0.2) is 20.3 Å². The van der Waals surface area contributed by atoms with Gasteiger partial charge in [0.05, 0.1) is 6.23 Å². The van der Waals surface area contributed by atoms with Crippen LogP contribution in [0.2, 0.25) is 13.1 Å². The van der Waals surface area contributed by atoms with Gasteiger partial charge in [0.1, 0.15) is 19.6 Å². The van der Waals surface area contributed by atoms with Crippen LogP contribution < -0.4 is 14.7 Å². The quantitative estimate of drug-likeness (QED) is 0.317. The molecule has 0 heterocycles. The van der Waals surface area contributed by atoms with E-state index in [4.69, 9.17) is 9.47 Å². The van der Waals surface area contributed by atoms with E-state index in [1.807, 2.05) is 6.92 Å². The first-order valence-electron chi connectivity index (χ1n) is 10.8. The third-order valence-corrected chi connectivity index (χ3v) is 8.10. The van der Waals surface area contributed by atoms with Gasteiger partial charge < -0.3 is 9.47 Å². The average molecular weight is 427 g/mol. The highest BCUT2D eigenvalue weighted by atomic mass is 28.3. The maximum absolute atomic E-state index is 12.2.